The van der Waals surface area contributed by atoms with Crippen molar-refractivity contribution in [2.45, 2.75) is 70.4 Å². The van der Waals surface area contributed by atoms with E-state index in [-0.39, 0.29) is 36.5 Å². The van der Waals surface area contributed by atoms with Crippen molar-refractivity contribution in [3.05, 3.63) is 0 Å². The second kappa shape index (κ2) is 8.51. The Kier molecular flexibility index (Phi) is 6.68. The number of rotatable bonds is 5. The average Bonchev–Trinajstić information content (AvgIpc) is 2.53. The number of amides is 1. The van der Waals surface area contributed by atoms with Gasteiger partial charge in [-0.05, 0) is 44.4 Å². The van der Waals surface area contributed by atoms with E-state index in [1.807, 2.05) is 0 Å². The Morgan fingerprint density at radius 2 is 1.82 bits per heavy atom. The monoisotopic (exact) mass is 311 g/mol. The lowest BCUT2D eigenvalue weighted by Gasteiger charge is -2.29. The van der Waals surface area contributed by atoms with E-state index in [1.54, 1.807) is 0 Å². The van der Waals surface area contributed by atoms with Crippen molar-refractivity contribution >= 4 is 11.9 Å². The summed E-state index contributed by atoms with van der Waals surface area (Å²) in [5.74, 6) is 0.549. The lowest BCUT2D eigenvalue weighted by Crippen LogP contribution is -2.41. The van der Waals surface area contributed by atoms with Crippen LogP contribution in [0.4, 0.5) is 0 Å². The highest BCUT2D eigenvalue weighted by Crippen LogP contribution is 2.26. The van der Waals surface area contributed by atoms with Crippen LogP contribution in [0.25, 0.3) is 0 Å². The van der Waals surface area contributed by atoms with Crippen LogP contribution in [0.1, 0.15) is 58.3 Å². The van der Waals surface area contributed by atoms with E-state index < -0.39 is 0 Å². The summed E-state index contributed by atoms with van der Waals surface area (Å²) in [5.41, 5.74) is 0. The van der Waals surface area contributed by atoms with Gasteiger partial charge >= 0.3 is 5.97 Å². The Bertz CT molecular complexity index is 377. The molecule has 2 aliphatic rings. The van der Waals surface area contributed by atoms with Crippen LogP contribution in [-0.2, 0) is 19.1 Å². The summed E-state index contributed by atoms with van der Waals surface area (Å²) >= 11 is 0. The zero-order valence-corrected chi connectivity index (χ0v) is 13.8. The summed E-state index contributed by atoms with van der Waals surface area (Å²) in [4.78, 5) is 23.4. The summed E-state index contributed by atoms with van der Waals surface area (Å²) in [6, 6.07) is 0.169. The van der Waals surface area contributed by atoms with Crippen molar-refractivity contribution in [3.63, 3.8) is 0 Å². The second-order valence-electron chi connectivity index (χ2n) is 6.84. The maximum Gasteiger partial charge on any atom is 0.308 e. The summed E-state index contributed by atoms with van der Waals surface area (Å²) in [6.45, 7) is 2.41. The first-order chi connectivity index (χ1) is 10.6. The quantitative estimate of drug-likeness (QED) is 0.792. The van der Waals surface area contributed by atoms with Crippen LogP contribution < -0.4 is 5.32 Å². The molecule has 0 heterocycles. The first kappa shape index (κ1) is 17.3. The Morgan fingerprint density at radius 3 is 2.45 bits per heavy atom. The fourth-order valence-corrected chi connectivity index (χ4v) is 3.63. The van der Waals surface area contributed by atoms with Crippen molar-refractivity contribution in [3.8, 4) is 0 Å². The van der Waals surface area contributed by atoms with Gasteiger partial charge in [0.1, 0.15) is 6.61 Å². The largest absolute Gasteiger partial charge is 0.469 e. The van der Waals surface area contributed by atoms with Crippen molar-refractivity contribution in [1.82, 2.24) is 5.32 Å². The highest BCUT2D eigenvalue weighted by Gasteiger charge is 2.28. The molecule has 0 aromatic heterocycles. The molecule has 0 spiro atoms. The molecule has 22 heavy (non-hydrogen) atoms. The number of carbonyl (C=O) groups excluding carboxylic acids is 2. The molecule has 0 radical (unpaired) electrons. The summed E-state index contributed by atoms with van der Waals surface area (Å²) in [5, 5.41) is 3.03. The number of methoxy groups -OCH3 is 1. The molecule has 2 rings (SSSR count). The van der Waals surface area contributed by atoms with Gasteiger partial charge in [-0.2, -0.15) is 0 Å². The molecule has 2 fully saturated rings. The maximum atomic E-state index is 12.0. The number of ether oxygens (including phenoxy) is 2. The highest BCUT2D eigenvalue weighted by molar-refractivity contribution is 5.77. The van der Waals surface area contributed by atoms with Gasteiger partial charge in [0, 0.05) is 6.04 Å². The number of nitrogens with one attached hydrogen (secondary N) is 1. The van der Waals surface area contributed by atoms with Crippen molar-refractivity contribution in [2.75, 3.05) is 13.7 Å². The van der Waals surface area contributed by atoms with E-state index in [0.717, 1.165) is 38.5 Å². The molecular formula is C17H29NO4. The fraction of sp³-hybridized carbons (Fsp3) is 0.882. The van der Waals surface area contributed by atoms with Crippen molar-refractivity contribution < 1.29 is 19.1 Å². The number of hydrogen-bond donors (Lipinski definition) is 1. The van der Waals surface area contributed by atoms with E-state index in [1.165, 1.54) is 20.0 Å². The first-order valence-corrected chi connectivity index (χ1v) is 8.57. The Morgan fingerprint density at radius 1 is 1.09 bits per heavy atom. The molecular weight excluding hydrogens is 282 g/mol. The molecule has 2 atom stereocenters. The topological polar surface area (TPSA) is 64.6 Å². The average molecular weight is 311 g/mol. The Balaban J connectivity index is 1.62. The van der Waals surface area contributed by atoms with Crippen LogP contribution in [0, 0.1) is 11.8 Å². The predicted octanol–water partition coefficient (Wildman–Crippen LogP) is 2.43. The minimum absolute atomic E-state index is 0.00173. The zero-order chi connectivity index (χ0) is 15.9. The van der Waals surface area contributed by atoms with Gasteiger partial charge < -0.3 is 14.8 Å². The van der Waals surface area contributed by atoms with E-state index >= 15 is 0 Å². The van der Waals surface area contributed by atoms with Crippen molar-refractivity contribution in [2.24, 2.45) is 11.8 Å². The number of hydrogen-bond acceptors (Lipinski definition) is 4. The van der Waals surface area contributed by atoms with E-state index in [9.17, 15) is 9.59 Å². The van der Waals surface area contributed by atoms with Gasteiger partial charge in [-0.1, -0.05) is 19.8 Å². The third-order valence-corrected chi connectivity index (χ3v) is 4.97. The minimum Gasteiger partial charge on any atom is -0.469 e. The summed E-state index contributed by atoms with van der Waals surface area (Å²) in [6.07, 6.45) is 8.11. The van der Waals surface area contributed by atoms with E-state index in [2.05, 4.69) is 12.2 Å². The van der Waals surface area contributed by atoms with Crippen LogP contribution >= 0.6 is 0 Å². The SMILES string of the molecule is COC(=O)C1CCC(NC(=O)CO[C@H]2CCC[C@@H](C)C2)CC1. The smallest absolute Gasteiger partial charge is 0.308 e. The lowest BCUT2D eigenvalue weighted by molar-refractivity contribution is -0.146. The van der Waals surface area contributed by atoms with Gasteiger partial charge in [0.15, 0.2) is 0 Å². The molecule has 0 aliphatic heterocycles. The van der Waals surface area contributed by atoms with Crippen LogP contribution in [0.3, 0.4) is 0 Å². The summed E-state index contributed by atoms with van der Waals surface area (Å²) in [7, 11) is 1.43. The van der Waals surface area contributed by atoms with E-state index in [0.29, 0.717) is 5.92 Å². The molecule has 126 valence electrons. The molecule has 1 N–H and O–H groups in total. The molecule has 2 saturated carbocycles. The Labute approximate surface area is 133 Å². The molecule has 0 unspecified atom stereocenters. The van der Waals surface area contributed by atoms with Crippen LogP contribution in [0.15, 0.2) is 0 Å². The van der Waals surface area contributed by atoms with Gasteiger partial charge in [-0.25, -0.2) is 0 Å². The number of esters is 1. The molecule has 0 aromatic carbocycles. The molecule has 1 amide bonds. The third-order valence-electron chi connectivity index (χ3n) is 4.97. The normalized spacial score (nSPS) is 32.3. The molecule has 0 bridgehead atoms. The Hall–Kier alpha value is -1.10. The van der Waals surface area contributed by atoms with Crippen LogP contribution in [0.5, 0.6) is 0 Å². The lowest BCUT2D eigenvalue weighted by atomic mass is 9.86. The van der Waals surface area contributed by atoms with Gasteiger partial charge in [0.05, 0.1) is 19.1 Å². The molecule has 0 aromatic rings. The third kappa shape index (κ3) is 5.27. The zero-order valence-electron chi connectivity index (χ0n) is 13.8. The maximum absolute atomic E-state index is 12.0. The minimum atomic E-state index is -0.125. The van der Waals surface area contributed by atoms with E-state index in [4.69, 9.17) is 9.47 Å². The molecule has 2 aliphatic carbocycles. The molecule has 5 heteroatoms. The number of carbonyl (C=O) groups is 2. The molecule has 0 saturated heterocycles. The molecule has 5 nitrogen and oxygen atoms in total. The predicted molar refractivity (Wildman–Crippen MR) is 83.3 cm³/mol. The van der Waals surface area contributed by atoms with Gasteiger partial charge in [0.2, 0.25) is 5.91 Å². The fourth-order valence-electron chi connectivity index (χ4n) is 3.63. The van der Waals surface area contributed by atoms with Gasteiger partial charge in [0.25, 0.3) is 0 Å². The van der Waals surface area contributed by atoms with Gasteiger partial charge in [-0.15, -0.1) is 0 Å². The summed E-state index contributed by atoms with van der Waals surface area (Å²) < 4.78 is 10.5. The van der Waals surface area contributed by atoms with Crippen molar-refractivity contribution in [1.29, 1.82) is 0 Å². The highest BCUT2D eigenvalue weighted by atomic mass is 16.5. The van der Waals surface area contributed by atoms with Crippen LogP contribution in [0.2, 0.25) is 0 Å². The van der Waals surface area contributed by atoms with Gasteiger partial charge in [-0.3, -0.25) is 9.59 Å². The van der Waals surface area contributed by atoms with Crippen LogP contribution in [-0.4, -0.2) is 37.7 Å². The standard InChI is InChI=1S/C17H29NO4/c1-12-4-3-5-15(10-12)22-11-16(19)18-14-8-6-13(7-9-14)17(20)21-2/h12-15H,3-11H2,1-2H3,(H,18,19)/t12-,13?,14?,15+/m1/s1. The first-order valence-electron chi connectivity index (χ1n) is 8.57. The second-order valence-corrected chi connectivity index (χ2v) is 6.84.